The molecule has 0 radical (unpaired) electrons. The van der Waals surface area contributed by atoms with E-state index >= 15 is 0 Å². The number of rotatable bonds is 3. The fourth-order valence-corrected chi connectivity index (χ4v) is 4.07. The lowest BCUT2D eigenvalue weighted by atomic mass is 9.94. The van der Waals surface area contributed by atoms with Gasteiger partial charge in [-0.1, -0.05) is 20.8 Å². The van der Waals surface area contributed by atoms with Gasteiger partial charge in [-0.2, -0.15) is 0 Å². The largest absolute Gasteiger partial charge is 0.350 e. The van der Waals surface area contributed by atoms with Crippen molar-refractivity contribution >= 4 is 29.6 Å². The Bertz CT molecular complexity index is 506. The molecule has 2 aliphatic rings. The zero-order valence-corrected chi connectivity index (χ0v) is 15.7. The molecule has 4 amide bonds. The number of urea groups is 1. The minimum atomic E-state index is -0.494. The van der Waals surface area contributed by atoms with Crippen molar-refractivity contribution in [3.05, 3.63) is 0 Å². The third-order valence-electron chi connectivity index (χ3n) is 4.24. The van der Waals surface area contributed by atoms with Crippen LogP contribution in [0.1, 0.15) is 34.1 Å². The SMILES string of the molecule is CCNC(=O)N1CC[C@H](NC(=O)[C@@H]2CSCN2C(=O)C(C)(C)C)C1. The first-order valence-electron chi connectivity index (χ1n) is 8.46. The molecule has 136 valence electrons. The molecule has 0 aliphatic carbocycles. The molecule has 24 heavy (non-hydrogen) atoms. The molecule has 0 bridgehead atoms. The van der Waals surface area contributed by atoms with Crippen LogP contribution >= 0.6 is 11.8 Å². The van der Waals surface area contributed by atoms with Crippen LogP contribution in [0.5, 0.6) is 0 Å². The molecule has 0 spiro atoms. The molecule has 2 saturated heterocycles. The first kappa shape index (κ1) is 18.9. The molecule has 2 N–H and O–H groups in total. The standard InChI is InChI=1S/C16H28N4O3S/c1-5-17-15(23)19-7-6-11(8-19)18-13(21)12-9-24-10-20(12)14(22)16(2,3)4/h11-12H,5-10H2,1-4H3,(H,17,23)(H,18,21)/t11-,12-/m0/s1. The molecule has 7 nitrogen and oxygen atoms in total. The van der Waals surface area contributed by atoms with Gasteiger partial charge in [-0.3, -0.25) is 9.59 Å². The van der Waals surface area contributed by atoms with Crippen molar-refractivity contribution in [3.63, 3.8) is 0 Å². The third-order valence-corrected chi connectivity index (χ3v) is 5.25. The van der Waals surface area contributed by atoms with Crippen molar-refractivity contribution in [2.45, 2.75) is 46.2 Å². The average Bonchev–Trinajstić information content (AvgIpc) is 3.14. The second kappa shape index (κ2) is 7.63. The Balaban J connectivity index is 1.90. The smallest absolute Gasteiger partial charge is 0.317 e. The molecule has 0 saturated carbocycles. The Morgan fingerprint density at radius 1 is 1.25 bits per heavy atom. The predicted molar refractivity (Wildman–Crippen MR) is 94.6 cm³/mol. The number of nitrogens with one attached hydrogen (secondary N) is 2. The van der Waals surface area contributed by atoms with E-state index in [4.69, 9.17) is 0 Å². The molecular weight excluding hydrogens is 328 g/mol. The van der Waals surface area contributed by atoms with E-state index in [2.05, 4.69) is 10.6 Å². The number of carbonyl (C=O) groups is 3. The van der Waals surface area contributed by atoms with Crippen LogP contribution < -0.4 is 10.6 Å². The number of thioether (sulfide) groups is 1. The maximum atomic E-state index is 12.6. The number of amides is 4. The molecule has 8 heteroatoms. The molecule has 2 rings (SSSR count). The quantitative estimate of drug-likeness (QED) is 0.786. The lowest BCUT2D eigenvalue weighted by Crippen LogP contribution is -2.52. The van der Waals surface area contributed by atoms with Gasteiger partial charge in [-0.05, 0) is 13.3 Å². The molecule has 2 atom stereocenters. The van der Waals surface area contributed by atoms with E-state index in [1.165, 1.54) is 0 Å². The number of hydrogen-bond donors (Lipinski definition) is 2. The van der Waals surface area contributed by atoms with E-state index in [-0.39, 0.29) is 23.9 Å². The van der Waals surface area contributed by atoms with Crippen LogP contribution in [0.4, 0.5) is 4.79 Å². The normalized spacial score (nSPS) is 24.2. The zero-order valence-electron chi connectivity index (χ0n) is 14.9. The summed E-state index contributed by atoms with van der Waals surface area (Å²) in [6.45, 7) is 9.24. The van der Waals surface area contributed by atoms with E-state index in [1.54, 1.807) is 21.6 Å². The Morgan fingerprint density at radius 3 is 2.58 bits per heavy atom. The van der Waals surface area contributed by atoms with Gasteiger partial charge in [0.1, 0.15) is 6.04 Å². The molecule has 0 unspecified atom stereocenters. The highest BCUT2D eigenvalue weighted by Gasteiger charge is 2.40. The Labute approximate surface area is 147 Å². The Hall–Kier alpha value is -1.44. The second-order valence-corrected chi connectivity index (χ2v) is 8.32. The molecule has 0 aromatic heterocycles. The third kappa shape index (κ3) is 4.34. The fourth-order valence-electron chi connectivity index (χ4n) is 2.91. The maximum Gasteiger partial charge on any atom is 0.317 e. The highest BCUT2D eigenvalue weighted by molar-refractivity contribution is 7.99. The lowest BCUT2D eigenvalue weighted by molar-refractivity contribution is -0.144. The number of carbonyl (C=O) groups excluding carboxylic acids is 3. The number of hydrogen-bond acceptors (Lipinski definition) is 4. The molecule has 2 fully saturated rings. The van der Waals surface area contributed by atoms with Crippen LogP contribution in [0.3, 0.4) is 0 Å². The Kier molecular flexibility index (Phi) is 6.01. The van der Waals surface area contributed by atoms with Crippen molar-refractivity contribution in [1.82, 2.24) is 20.4 Å². The monoisotopic (exact) mass is 356 g/mol. The molecule has 0 aromatic rings. The number of nitrogens with zero attached hydrogens (tertiary/aromatic N) is 2. The highest BCUT2D eigenvalue weighted by Crippen LogP contribution is 2.27. The zero-order chi connectivity index (χ0) is 17.9. The van der Waals surface area contributed by atoms with Crippen molar-refractivity contribution in [1.29, 1.82) is 0 Å². The van der Waals surface area contributed by atoms with Crippen molar-refractivity contribution in [2.75, 3.05) is 31.3 Å². The molecule has 2 heterocycles. The molecule has 2 aliphatic heterocycles. The van der Waals surface area contributed by atoms with Gasteiger partial charge < -0.3 is 20.4 Å². The van der Waals surface area contributed by atoms with Crippen LogP contribution in [-0.4, -0.2) is 71.0 Å². The van der Waals surface area contributed by atoms with Gasteiger partial charge in [0.2, 0.25) is 11.8 Å². The van der Waals surface area contributed by atoms with E-state index in [9.17, 15) is 14.4 Å². The van der Waals surface area contributed by atoms with Crippen LogP contribution in [0, 0.1) is 5.41 Å². The van der Waals surface area contributed by atoms with Crippen LogP contribution in [0.25, 0.3) is 0 Å². The number of likely N-dealkylation sites (tertiary alicyclic amines) is 1. The minimum absolute atomic E-state index is 0.00280. The van der Waals surface area contributed by atoms with Crippen LogP contribution in [0.15, 0.2) is 0 Å². The average molecular weight is 356 g/mol. The fraction of sp³-hybridized carbons (Fsp3) is 0.812. The van der Waals surface area contributed by atoms with Crippen molar-refractivity contribution in [3.8, 4) is 0 Å². The van der Waals surface area contributed by atoms with Gasteiger partial charge in [0.15, 0.2) is 0 Å². The summed E-state index contributed by atoms with van der Waals surface area (Å²) in [5.74, 6) is 1.08. The first-order valence-corrected chi connectivity index (χ1v) is 9.61. The summed E-state index contributed by atoms with van der Waals surface area (Å²) in [6, 6.07) is -0.548. The summed E-state index contributed by atoms with van der Waals surface area (Å²) in [5.41, 5.74) is -0.494. The summed E-state index contributed by atoms with van der Waals surface area (Å²) in [5, 5.41) is 5.79. The van der Waals surface area contributed by atoms with Gasteiger partial charge in [0.25, 0.3) is 0 Å². The van der Waals surface area contributed by atoms with E-state index in [0.717, 1.165) is 6.42 Å². The summed E-state index contributed by atoms with van der Waals surface area (Å²) in [7, 11) is 0. The second-order valence-electron chi connectivity index (χ2n) is 7.32. The van der Waals surface area contributed by atoms with Gasteiger partial charge >= 0.3 is 6.03 Å². The van der Waals surface area contributed by atoms with Crippen molar-refractivity contribution < 1.29 is 14.4 Å². The van der Waals surface area contributed by atoms with E-state index in [1.807, 2.05) is 27.7 Å². The lowest BCUT2D eigenvalue weighted by Gasteiger charge is -2.30. The first-order chi connectivity index (χ1) is 11.2. The molecule has 0 aromatic carbocycles. The highest BCUT2D eigenvalue weighted by atomic mass is 32.2. The van der Waals surface area contributed by atoms with Gasteiger partial charge in [0.05, 0.1) is 5.88 Å². The minimum Gasteiger partial charge on any atom is -0.350 e. The van der Waals surface area contributed by atoms with Crippen LogP contribution in [-0.2, 0) is 9.59 Å². The maximum absolute atomic E-state index is 12.6. The van der Waals surface area contributed by atoms with E-state index in [0.29, 0.717) is 31.3 Å². The molecular formula is C16H28N4O3S. The Morgan fingerprint density at radius 2 is 1.96 bits per heavy atom. The summed E-state index contributed by atoms with van der Waals surface area (Å²) >= 11 is 1.60. The van der Waals surface area contributed by atoms with Gasteiger partial charge in [-0.15, -0.1) is 11.8 Å². The van der Waals surface area contributed by atoms with Crippen LogP contribution in [0.2, 0.25) is 0 Å². The topological polar surface area (TPSA) is 81.8 Å². The van der Waals surface area contributed by atoms with Gasteiger partial charge in [0, 0.05) is 36.8 Å². The van der Waals surface area contributed by atoms with E-state index < -0.39 is 11.5 Å². The van der Waals surface area contributed by atoms with Gasteiger partial charge in [-0.25, -0.2) is 4.79 Å². The summed E-state index contributed by atoms with van der Waals surface area (Å²) in [6.07, 6.45) is 0.746. The predicted octanol–water partition coefficient (Wildman–Crippen LogP) is 0.854. The van der Waals surface area contributed by atoms with Crippen molar-refractivity contribution in [2.24, 2.45) is 5.41 Å². The summed E-state index contributed by atoms with van der Waals surface area (Å²) < 4.78 is 0. The summed E-state index contributed by atoms with van der Waals surface area (Å²) in [4.78, 5) is 40.3.